The van der Waals surface area contributed by atoms with Crippen LogP contribution in [0.2, 0.25) is 0 Å². The van der Waals surface area contributed by atoms with Crippen molar-refractivity contribution < 1.29 is 0 Å². The molecule has 4 heterocycles. The van der Waals surface area contributed by atoms with E-state index in [0.29, 0.717) is 5.92 Å². The van der Waals surface area contributed by atoms with E-state index in [1.807, 2.05) is 11.7 Å². The van der Waals surface area contributed by atoms with Crippen LogP contribution >= 0.6 is 0 Å². The quantitative estimate of drug-likeness (QED) is 0.807. The van der Waals surface area contributed by atoms with E-state index in [1.165, 1.54) is 24.1 Å². The summed E-state index contributed by atoms with van der Waals surface area (Å²) >= 11 is 0. The number of nitrogens with zero attached hydrogens (tertiary/aromatic N) is 5. The molecule has 0 atom stereocenters. The first kappa shape index (κ1) is 14.4. The fraction of sp³-hybridized carbons (Fsp3) is 0.471. The second-order valence-electron chi connectivity index (χ2n) is 6.48. The molecule has 4 rings (SSSR count). The molecule has 0 spiro atoms. The second-order valence-corrected chi connectivity index (χ2v) is 6.48. The van der Waals surface area contributed by atoms with Crippen LogP contribution < -0.4 is 0 Å². The maximum absolute atomic E-state index is 4.43. The molecule has 0 aliphatic carbocycles. The number of hydrogen-bond acceptors (Lipinski definition) is 4. The van der Waals surface area contributed by atoms with Crippen LogP contribution in [0, 0.1) is 6.92 Å². The number of H-pyrrole nitrogens is 1. The zero-order chi connectivity index (χ0) is 15.8. The van der Waals surface area contributed by atoms with Gasteiger partial charge in [0.25, 0.3) is 0 Å². The summed E-state index contributed by atoms with van der Waals surface area (Å²) in [6, 6.07) is 2.16. The van der Waals surface area contributed by atoms with Crippen LogP contribution in [0.4, 0.5) is 0 Å². The molecule has 1 fully saturated rings. The fourth-order valence-electron chi connectivity index (χ4n) is 3.54. The Morgan fingerprint density at radius 3 is 2.70 bits per heavy atom. The third kappa shape index (κ3) is 2.86. The van der Waals surface area contributed by atoms with E-state index in [-0.39, 0.29) is 0 Å². The number of piperidine rings is 1. The van der Waals surface area contributed by atoms with E-state index < -0.39 is 0 Å². The van der Waals surface area contributed by atoms with Gasteiger partial charge in [0.15, 0.2) is 5.65 Å². The Morgan fingerprint density at radius 1 is 1.22 bits per heavy atom. The number of aryl methyl sites for hydroxylation is 2. The highest BCUT2D eigenvalue weighted by molar-refractivity contribution is 5.71. The highest BCUT2D eigenvalue weighted by Crippen LogP contribution is 2.29. The monoisotopic (exact) mass is 310 g/mol. The van der Waals surface area contributed by atoms with Gasteiger partial charge in [0.05, 0.1) is 5.69 Å². The van der Waals surface area contributed by atoms with Gasteiger partial charge in [-0.25, -0.2) is 4.98 Å². The van der Waals surface area contributed by atoms with Crippen molar-refractivity contribution in [2.75, 3.05) is 13.1 Å². The molecule has 1 aliphatic heterocycles. The van der Waals surface area contributed by atoms with Crippen LogP contribution in [-0.4, -0.2) is 42.7 Å². The van der Waals surface area contributed by atoms with Crippen molar-refractivity contribution in [1.82, 2.24) is 29.6 Å². The van der Waals surface area contributed by atoms with Crippen molar-refractivity contribution in [3.8, 4) is 0 Å². The van der Waals surface area contributed by atoms with Crippen LogP contribution in [0.1, 0.15) is 35.7 Å². The summed E-state index contributed by atoms with van der Waals surface area (Å²) in [4.78, 5) is 14.7. The number of likely N-dealkylation sites (tertiary alicyclic amines) is 1. The van der Waals surface area contributed by atoms with Crippen LogP contribution in [-0.2, 0) is 13.6 Å². The van der Waals surface area contributed by atoms with Gasteiger partial charge in [-0.15, -0.1) is 0 Å². The predicted molar refractivity (Wildman–Crippen MR) is 89.1 cm³/mol. The molecule has 0 aromatic carbocycles. The van der Waals surface area contributed by atoms with E-state index in [4.69, 9.17) is 0 Å². The number of hydrogen-bond donors (Lipinski definition) is 1. The summed E-state index contributed by atoms with van der Waals surface area (Å²) in [7, 11) is 1.99. The van der Waals surface area contributed by atoms with Crippen molar-refractivity contribution in [1.29, 1.82) is 0 Å². The van der Waals surface area contributed by atoms with E-state index in [0.717, 1.165) is 36.5 Å². The number of fused-ring (bicyclic) bond motifs is 1. The number of nitrogens with one attached hydrogen (secondary N) is 1. The van der Waals surface area contributed by atoms with Gasteiger partial charge in [-0.05, 0) is 38.9 Å². The third-order valence-corrected chi connectivity index (χ3v) is 4.82. The van der Waals surface area contributed by atoms with Gasteiger partial charge < -0.3 is 4.98 Å². The van der Waals surface area contributed by atoms with Crippen LogP contribution in [0.5, 0.6) is 0 Å². The summed E-state index contributed by atoms with van der Waals surface area (Å²) in [5, 5.41) is 4.43. The van der Waals surface area contributed by atoms with E-state index in [9.17, 15) is 0 Å². The molecule has 0 bridgehead atoms. The minimum atomic E-state index is 0.581. The normalized spacial score (nSPS) is 17.1. The van der Waals surface area contributed by atoms with Gasteiger partial charge in [0.2, 0.25) is 0 Å². The van der Waals surface area contributed by atoms with Crippen LogP contribution in [0.3, 0.4) is 0 Å². The molecule has 0 radical (unpaired) electrons. The molecule has 6 nitrogen and oxygen atoms in total. The van der Waals surface area contributed by atoms with Crippen LogP contribution in [0.25, 0.3) is 11.2 Å². The third-order valence-electron chi connectivity index (χ3n) is 4.82. The lowest BCUT2D eigenvalue weighted by Crippen LogP contribution is -2.32. The second kappa shape index (κ2) is 5.77. The van der Waals surface area contributed by atoms with Crippen molar-refractivity contribution >= 4 is 11.2 Å². The number of rotatable bonds is 3. The lowest BCUT2D eigenvalue weighted by molar-refractivity contribution is 0.203. The largest absolute Gasteiger partial charge is 0.342 e. The lowest BCUT2D eigenvalue weighted by atomic mass is 9.93. The van der Waals surface area contributed by atoms with E-state index in [2.05, 4.69) is 44.1 Å². The van der Waals surface area contributed by atoms with Crippen molar-refractivity contribution in [2.24, 2.45) is 7.05 Å². The molecular weight excluding hydrogens is 288 g/mol. The summed E-state index contributed by atoms with van der Waals surface area (Å²) < 4.78 is 1.90. The Bertz CT molecular complexity index is 776. The average Bonchev–Trinajstić information content (AvgIpc) is 3.11. The Labute approximate surface area is 135 Å². The fourth-order valence-corrected chi connectivity index (χ4v) is 3.54. The summed E-state index contributed by atoms with van der Waals surface area (Å²) in [6.45, 7) is 5.33. The minimum Gasteiger partial charge on any atom is -0.342 e. The number of aromatic nitrogens is 5. The van der Waals surface area contributed by atoms with Gasteiger partial charge in [-0.2, -0.15) is 5.10 Å². The first-order chi connectivity index (χ1) is 11.2. The minimum absolute atomic E-state index is 0.581. The zero-order valence-electron chi connectivity index (χ0n) is 13.7. The molecule has 1 aliphatic rings. The standard InChI is InChI=1S/C17H22N6/c1-12-14(10-22(2)21-12)11-23-7-3-13(4-8-23)15-9-16-17(20-15)19-6-5-18-16/h5-6,9-10,13H,3-4,7-8,11H2,1-2H3,(H,19,20). The van der Waals surface area contributed by atoms with Gasteiger partial charge in [0, 0.05) is 49.4 Å². The van der Waals surface area contributed by atoms with Gasteiger partial charge >= 0.3 is 0 Å². The first-order valence-electron chi connectivity index (χ1n) is 8.20. The number of aromatic amines is 1. The highest BCUT2D eigenvalue weighted by Gasteiger charge is 2.23. The molecular formula is C17H22N6. The molecule has 3 aromatic heterocycles. The van der Waals surface area contributed by atoms with Crippen LogP contribution in [0.15, 0.2) is 24.7 Å². The Morgan fingerprint density at radius 2 is 2.00 bits per heavy atom. The molecule has 0 amide bonds. The molecule has 120 valence electrons. The Kier molecular flexibility index (Phi) is 3.61. The zero-order valence-corrected chi connectivity index (χ0v) is 13.7. The molecule has 23 heavy (non-hydrogen) atoms. The predicted octanol–water partition coefficient (Wildman–Crippen LogP) is 2.38. The molecule has 0 unspecified atom stereocenters. The van der Waals surface area contributed by atoms with E-state index in [1.54, 1.807) is 12.4 Å². The summed E-state index contributed by atoms with van der Waals surface area (Å²) in [6.07, 6.45) is 7.97. The van der Waals surface area contributed by atoms with Crippen molar-refractivity contribution in [3.05, 3.63) is 41.6 Å². The van der Waals surface area contributed by atoms with Crippen molar-refractivity contribution in [2.45, 2.75) is 32.2 Å². The first-order valence-corrected chi connectivity index (χ1v) is 8.20. The highest BCUT2D eigenvalue weighted by atomic mass is 15.3. The molecule has 3 aromatic rings. The summed E-state index contributed by atoms with van der Waals surface area (Å²) in [5.41, 5.74) is 5.63. The molecule has 6 heteroatoms. The van der Waals surface area contributed by atoms with Crippen molar-refractivity contribution in [3.63, 3.8) is 0 Å². The Hall–Kier alpha value is -2.21. The topological polar surface area (TPSA) is 62.6 Å². The SMILES string of the molecule is Cc1nn(C)cc1CN1CCC(c2cc3nccnc3[nH]2)CC1. The lowest BCUT2D eigenvalue weighted by Gasteiger charge is -2.31. The molecule has 1 saturated heterocycles. The molecule has 1 N–H and O–H groups in total. The maximum atomic E-state index is 4.43. The smallest absolute Gasteiger partial charge is 0.156 e. The average molecular weight is 310 g/mol. The Balaban J connectivity index is 1.41. The van der Waals surface area contributed by atoms with Gasteiger partial charge in [-0.1, -0.05) is 0 Å². The van der Waals surface area contributed by atoms with E-state index >= 15 is 0 Å². The maximum Gasteiger partial charge on any atom is 0.156 e. The summed E-state index contributed by atoms with van der Waals surface area (Å²) in [5.74, 6) is 0.581. The molecule has 0 saturated carbocycles. The van der Waals surface area contributed by atoms with Gasteiger partial charge in [-0.3, -0.25) is 14.6 Å². The van der Waals surface area contributed by atoms with Gasteiger partial charge in [0.1, 0.15) is 5.52 Å².